The van der Waals surface area contributed by atoms with Crippen molar-refractivity contribution < 1.29 is 9.15 Å². The van der Waals surface area contributed by atoms with E-state index in [0.717, 1.165) is 18.0 Å². The molecule has 0 saturated carbocycles. The molecule has 152 valence electrons. The number of ether oxygens (including phenoxy) is 1. The van der Waals surface area contributed by atoms with Gasteiger partial charge in [-0.15, -0.1) is 0 Å². The van der Waals surface area contributed by atoms with Crippen LogP contribution >= 0.6 is 12.2 Å². The van der Waals surface area contributed by atoms with E-state index in [2.05, 4.69) is 39.7 Å². The smallest absolute Gasteiger partial charge is 0.170 e. The molecule has 0 aliphatic carbocycles. The van der Waals surface area contributed by atoms with Gasteiger partial charge in [0.15, 0.2) is 5.11 Å². The Labute approximate surface area is 176 Å². The molecule has 0 aromatic carbocycles. The van der Waals surface area contributed by atoms with Gasteiger partial charge in [0.25, 0.3) is 0 Å². The van der Waals surface area contributed by atoms with E-state index in [4.69, 9.17) is 21.4 Å². The summed E-state index contributed by atoms with van der Waals surface area (Å²) in [6.07, 6.45) is 3.53. The van der Waals surface area contributed by atoms with Crippen LogP contribution in [-0.2, 0) is 17.8 Å². The lowest BCUT2D eigenvalue weighted by molar-refractivity contribution is 0.186. The summed E-state index contributed by atoms with van der Waals surface area (Å²) in [5.41, 5.74) is 4.66. The molecule has 29 heavy (non-hydrogen) atoms. The van der Waals surface area contributed by atoms with E-state index < -0.39 is 0 Å². The van der Waals surface area contributed by atoms with Crippen molar-refractivity contribution in [2.24, 2.45) is 0 Å². The van der Waals surface area contributed by atoms with Gasteiger partial charge in [0.05, 0.1) is 37.2 Å². The van der Waals surface area contributed by atoms with Crippen molar-refractivity contribution in [2.75, 3.05) is 13.7 Å². The number of nitrogens with one attached hydrogen (secondary N) is 1. The number of aromatic nitrogens is 2. The van der Waals surface area contributed by atoms with Crippen LogP contribution in [0.1, 0.15) is 40.5 Å². The van der Waals surface area contributed by atoms with Crippen molar-refractivity contribution in [3.05, 3.63) is 77.3 Å². The predicted molar refractivity (Wildman–Crippen MR) is 115 cm³/mol. The summed E-state index contributed by atoms with van der Waals surface area (Å²) in [6.45, 7) is 6.41. The third-order valence-electron chi connectivity index (χ3n) is 5.55. The van der Waals surface area contributed by atoms with E-state index in [1.807, 2.05) is 36.5 Å². The van der Waals surface area contributed by atoms with Gasteiger partial charge in [-0.1, -0.05) is 6.07 Å². The Morgan fingerprint density at radius 2 is 2.10 bits per heavy atom. The van der Waals surface area contributed by atoms with E-state index >= 15 is 0 Å². The second kappa shape index (κ2) is 8.39. The van der Waals surface area contributed by atoms with Crippen LogP contribution in [0.5, 0.6) is 0 Å². The quantitative estimate of drug-likeness (QED) is 0.596. The highest BCUT2D eigenvalue weighted by molar-refractivity contribution is 7.80. The number of pyridine rings is 1. The molecule has 4 rings (SSSR count). The molecule has 1 N–H and O–H groups in total. The Bertz CT molecular complexity index is 968. The zero-order valence-corrected chi connectivity index (χ0v) is 17.8. The predicted octanol–water partition coefficient (Wildman–Crippen LogP) is 3.91. The monoisotopic (exact) mass is 410 g/mol. The standard InChI is InChI=1S/C22H26N4O2S/c1-15-13-18(16(2)25(15)10-12-27-3)21-20(19-8-4-5-9-23-19)24-22(29)26(21)14-17-7-6-11-28-17/h4-9,11,13,20-21H,10,12,14H2,1-3H3,(H,24,29)/t20-,21+/m0/s1. The van der Waals surface area contributed by atoms with Crippen molar-refractivity contribution in [2.45, 2.75) is 39.0 Å². The van der Waals surface area contributed by atoms with Gasteiger partial charge >= 0.3 is 0 Å². The van der Waals surface area contributed by atoms with Crippen molar-refractivity contribution in [3.8, 4) is 0 Å². The van der Waals surface area contributed by atoms with Gasteiger partial charge in [-0.25, -0.2) is 0 Å². The van der Waals surface area contributed by atoms with Crippen LogP contribution in [0.3, 0.4) is 0 Å². The van der Waals surface area contributed by atoms with Gasteiger partial charge in [-0.3, -0.25) is 4.98 Å². The molecule has 0 amide bonds. The number of hydrogen-bond acceptors (Lipinski definition) is 4. The lowest BCUT2D eigenvalue weighted by Crippen LogP contribution is -2.29. The summed E-state index contributed by atoms with van der Waals surface area (Å²) in [6, 6.07) is 12.1. The van der Waals surface area contributed by atoms with E-state index in [1.165, 1.54) is 17.0 Å². The minimum atomic E-state index is -0.0324. The summed E-state index contributed by atoms with van der Waals surface area (Å²) in [5, 5.41) is 4.21. The molecule has 1 aliphatic heterocycles. The number of aryl methyl sites for hydroxylation is 1. The van der Waals surface area contributed by atoms with Gasteiger partial charge in [-0.2, -0.15) is 0 Å². The van der Waals surface area contributed by atoms with Crippen LogP contribution in [0.2, 0.25) is 0 Å². The maximum Gasteiger partial charge on any atom is 0.170 e. The number of nitrogens with zero attached hydrogens (tertiary/aromatic N) is 3. The van der Waals surface area contributed by atoms with Crippen LogP contribution in [0.25, 0.3) is 0 Å². The first kappa shape index (κ1) is 19.7. The summed E-state index contributed by atoms with van der Waals surface area (Å²) in [4.78, 5) is 6.82. The third-order valence-corrected chi connectivity index (χ3v) is 5.91. The zero-order valence-electron chi connectivity index (χ0n) is 17.0. The Balaban J connectivity index is 1.76. The number of hydrogen-bond donors (Lipinski definition) is 1. The molecular formula is C22H26N4O2S. The Hall–Kier alpha value is -2.64. The van der Waals surface area contributed by atoms with Gasteiger partial charge < -0.3 is 23.9 Å². The topological polar surface area (TPSA) is 55.5 Å². The van der Waals surface area contributed by atoms with Crippen molar-refractivity contribution in [1.29, 1.82) is 0 Å². The Morgan fingerprint density at radius 3 is 2.79 bits per heavy atom. The normalized spacial score (nSPS) is 19.0. The molecule has 3 aromatic heterocycles. The average molecular weight is 411 g/mol. The fourth-order valence-electron chi connectivity index (χ4n) is 4.14. The molecule has 7 heteroatoms. The second-order valence-electron chi connectivity index (χ2n) is 7.30. The minimum Gasteiger partial charge on any atom is -0.467 e. The number of furan rings is 1. The van der Waals surface area contributed by atoms with Gasteiger partial charge in [0.2, 0.25) is 0 Å². The zero-order chi connectivity index (χ0) is 20.4. The SMILES string of the molecule is COCCn1c(C)cc([C@@H]2[C@H](c3ccccn3)NC(=S)N2Cc2ccco2)c1C. The molecule has 1 fully saturated rings. The summed E-state index contributed by atoms with van der Waals surface area (Å²) >= 11 is 5.74. The van der Waals surface area contributed by atoms with E-state index in [9.17, 15) is 0 Å². The summed E-state index contributed by atoms with van der Waals surface area (Å²) in [5.74, 6) is 0.883. The molecule has 0 unspecified atom stereocenters. The van der Waals surface area contributed by atoms with E-state index in [1.54, 1.807) is 13.4 Å². The molecule has 0 spiro atoms. The number of thiocarbonyl (C=S) groups is 1. The molecule has 3 aromatic rings. The van der Waals surface area contributed by atoms with Crippen LogP contribution in [0, 0.1) is 13.8 Å². The summed E-state index contributed by atoms with van der Waals surface area (Å²) < 4.78 is 13.2. The minimum absolute atomic E-state index is 0.0185. The fourth-order valence-corrected chi connectivity index (χ4v) is 4.44. The van der Waals surface area contributed by atoms with Crippen LogP contribution in [0.4, 0.5) is 0 Å². The van der Waals surface area contributed by atoms with Gasteiger partial charge in [0, 0.05) is 31.2 Å². The maximum absolute atomic E-state index is 5.74. The number of rotatable bonds is 7. The van der Waals surface area contributed by atoms with Gasteiger partial charge in [-0.05, 0) is 62.0 Å². The van der Waals surface area contributed by atoms with Crippen molar-refractivity contribution in [1.82, 2.24) is 19.8 Å². The first-order valence-electron chi connectivity index (χ1n) is 9.76. The van der Waals surface area contributed by atoms with Crippen LogP contribution in [0.15, 0.2) is 53.3 Å². The molecule has 0 bridgehead atoms. The maximum atomic E-state index is 5.74. The van der Waals surface area contributed by atoms with E-state index in [-0.39, 0.29) is 12.1 Å². The molecule has 6 nitrogen and oxygen atoms in total. The van der Waals surface area contributed by atoms with Gasteiger partial charge in [0.1, 0.15) is 5.76 Å². The molecular weight excluding hydrogens is 384 g/mol. The van der Waals surface area contributed by atoms with E-state index in [0.29, 0.717) is 18.3 Å². The number of methoxy groups -OCH3 is 1. The van der Waals surface area contributed by atoms with Crippen LogP contribution in [-0.4, -0.2) is 33.3 Å². The molecule has 4 heterocycles. The van der Waals surface area contributed by atoms with Crippen LogP contribution < -0.4 is 5.32 Å². The Kier molecular flexibility index (Phi) is 5.69. The first-order chi connectivity index (χ1) is 14.1. The van der Waals surface area contributed by atoms with Crippen molar-refractivity contribution in [3.63, 3.8) is 0 Å². The summed E-state index contributed by atoms with van der Waals surface area (Å²) in [7, 11) is 1.73. The third kappa shape index (κ3) is 3.80. The molecule has 1 saturated heterocycles. The lowest BCUT2D eigenvalue weighted by Gasteiger charge is -2.27. The first-order valence-corrected chi connectivity index (χ1v) is 10.2. The molecule has 0 radical (unpaired) electrons. The highest BCUT2D eigenvalue weighted by Gasteiger charge is 2.41. The Morgan fingerprint density at radius 1 is 1.24 bits per heavy atom. The fraction of sp³-hybridized carbons (Fsp3) is 0.364. The highest BCUT2D eigenvalue weighted by atomic mass is 32.1. The molecule has 2 atom stereocenters. The average Bonchev–Trinajstić information content (AvgIpc) is 3.42. The second-order valence-corrected chi connectivity index (χ2v) is 7.69. The lowest BCUT2D eigenvalue weighted by atomic mass is 9.96. The highest BCUT2D eigenvalue weighted by Crippen LogP contribution is 2.41. The molecule has 1 aliphatic rings. The van der Waals surface area contributed by atoms with Crippen molar-refractivity contribution >= 4 is 17.3 Å². The largest absolute Gasteiger partial charge is 0.467 e.